The quantitative estimate of drug-likeness (QED) is 0.546. The lowest BCUT2D eigenvalue weighted by atomic mass is 10.5. The summed E-state index contributed by atoms with van der Waals surface area (Å²) < 4.78 is 1.31. The van der Waals surface area contributed by atoms with Crippen LogP contribution in [0.2, 0.25) is 0 Å². The molecule has 0 unspecified atom stereocenters. The van der Waals surface area contributed by atoms with Crippen molar-refractivity contribution in [1.29, 1.82) is 0 Å². The highest BCUT2D eigenvalue weighted by atomic mass is 16.2. The van der Waals surface area contributed by atoms with Gasteiger partial charge in [-0.2, -0.15) is 0 Å². The Morgan fingerprint density at radius 2 is 2.31 bits per heavy atom. The molecule has 0 aliphatic heterocycles. The van der Waals surface area contributed by atoms with Crippen LogP contribution in [0.25, 0.3) is 5.65 Å². The zero-order valence-corrected chi connectivity index (χ0v) is 8.29. The third-order valence-electron chi connectivity index (χ3n) is 1.80. The van der Waals surface area contributed by atoms with Gasteiger partial charge in [0.1, 0.15) is 5.82 Å². The number of fused-ring (bicyclic) bond motifs is 1. The van der Waals surface area contributed by atoms with Crippen molar-refractivity contribution in [2.75, 3.05) is 18.4 Å². The van der Waals surface area contributed by atoms with Gasteiger partial charge in [0.2, 0.25) is 0 Å². The number of carbonyl (C=O) groups is 1. The normalized spacial score (nSPS) is 10.2. The van der Waals surface area contributed by atoms with E-state index in [2.05, 4.69) is 31.3 Å². The highest BCUT2D eigenvalue weighted by Gasteiger charge is 1.99. The van der Waals surface area contributed by atoms with Crippen LogP contribution in [0.15, 0.2) is 12.1 Å². The molecule has 0 aromatic carbocycles. The molecule has 0 saturated heterocycles. The van der Waals surface area contributed by atoms with Crippen molar-refractivity contribution in [2.24, 2.45) is 5.73 Å². The second-order valence-corrected chi connectivity index (χ2v) is 2.96. The predicted molar refractivity (Wildman–Crippen MR) is 54.7 cm³/mol. The summed E-state index contributed by atoms with van der Waals surface area (Å²) in [6, 6.07) is 2.93. The minimum absolute atomic E-state index is 0.421. The molecule has 2 rings (SSSR count). The molecule has 0 aliphatic carbocycles. The van der Waals surface area contributed by atoms with E-state index in [4.69, 9.17) is 5.73 Å². The molecule has 9 nitrogen and oxygen atoms in total. The molecule has 0 radical (unpaired) electrons. The van der Waals surface area contributed by atoms with Crippen molar-refractivity contribution >= 4 is 17.5 Å². The molecule has 9 heteroatoms. The first-order valence-corrected chi connectivity index (χ1v) is 4.58. The van der Waals surface area contributed by atoms with Crippen LogP contribution < -0.4 is 16.4 Å². The fourth-order valence-electron chi connectivity index (χ4n) is 1.12. The van der Waals surface area contributed by atoms with Gasteiger partial charge < -0.3 is 16.4 Å². The van der Waals surface area contributed by atoms with E-state index in [9.17, 15) is 4.79 Å². The number of tetrazole rings is 1. The van der Waals surface area contributed by atoms with Gasteiger partial charge in [-0.3, -0.25) is 0 Å². The van der Waals surface area contributed by atoms with E-state index in [1.165, 1.54) is 4.63 Å². The van der Waals surface area contributed by atoms with E-state index in [0.29, 0.717) is 24.6 Å². The van der Waals surface area contributed by atoms with Crippen LogP contribution in [0.5, 0.6) is 0 Å². The fraction of sp³-hybridized carbons (Fsp3) is 0.286. The number of primary amides is 1. The van der Waals surface area contributed by atoms with Gasteiger partial charge in [-0.15, -0.1) is 14.8 Å². The van der Waals surface area contributed by atoms with E-state index in [0.717, 1.165) is 0 Å². The average Bonchev–Trinajstić information content (AvgIpc) is 2.71. The summed E-state index contributed by atoms with van der Waals surface area (Å²) in [6.07, 6.45) is 0. The summed E-state index contributed by atoms with van der Waals surface area (Å²) in [7, 11) is 0. The van der Waals surface area contributed by atoms with E-state index >= 15 is 0 Å². The number of aromatic nitrogens is 5. The van der Waals surface area contributed by atoms with Gasteiger partial charge in [0.25, 0.3) is 0 Å². The zero-order chi connectivity index (χ0) is 11.4. The Hall–Kier alpha value is -2.45. The van der Waals surface area contributed by atoms with E-state index < -0.39 is 6.03 Å². The number of hydrogen-bond acceptors (Lipinski definition) is 6. The SMILES string of the molecule is NC(=O)NCCNc1ccc2nnnn2n1. The minimum Gasteiger partial charge on any atom is -0.367 e. The van der Waals surface area contributed by atoms with Gasteiger partial charge in [-0.25, -0.2) is 4.79 Å². The van der Waals surface area contributed by atoms with E-state index in [1.54, 1.807) is 12.1 Å². The number of nitrogens with zero attached hydrogens (tertiary/aromatic N) is 5. The summed E-state index contributed by atoms with van der Waals surface area (Å²) in [5.74, 6) is 0.617. The average molecular weight is 222 g/mol. The van der Waals surface area contributed by atoms with Crippen LogP contribution >= 0.6 is 0 Å². The Labute approximate surface area is 90.0 Å². The molecular formula is C7H10N8O. The summed E-state index contributed by atoms with van der Waals surface area (Å²) in [5, 5.41) is 20.3. The van der Waals surface area contributed by atoms with Crippen molar-refractivity contribution in [2.45, 2.75) is 0 Å². The number of carbonyl (C=O) groups excluding carboxylic acids is 1. The van der Waals surface area contributed by atoms with Gasteiger partial charge >= 0.3 is 6.03 Å². The molecule has 0 atom stereocenters. The Balaban J connectivity index is 1.91. The third kappa shape index (κ3) is 2.32. The lowest BCUT2D eigenvalue weighted by molar-refractivity contribution is 0.249. The lowest BCUT2D eigenvalue weighted by Gasteiger charge is -2.04. The molecule has 84 valence electrons. The first kappa shape index (κ1) is 10.1. The smallest absolute Gasteiger partial charge is 0.312 e. The Kier molecular flexibility index (Phi) is 2.76. The molecule has 0 fully saturated rings. The second-order valence-electron chi connectivity index (χ2n) is 2.96. The monoisotopic (exact) mass is 222 g/mol. The highest BCUT2D eigenvalue weighted by Crippen LogP contribution is 2.01. The van der Waals surface area contributed by atoms with Gasteiger partial charge in [-0.05, 0) is 22.6 Å². The van der Waals surface area contributed by atoms with Crippen molar-refractivity contribution < 1.29 is 4.79 Å². The Bertz CT molecular complexity index is 494. The molecular weight excluding hydrogens is 212 g/mol. The summed E-state index contributed by atoms with van der Waals surface area (Å²) in [5.41, 5.74) is 5.48. The molecule has 4 N–H and O–H groups in total. The molecule has 0 bridgehead atoms. The first-order valence-electron chi connectivity index (χ1n) is 4.58. The zero-order valence-electron chi connectivity index (χ0n) is 8.29. The van der Waals surface area contributed by atoms with Crippen LogP contribution in [-0.4, -0.2) is 44.4 Å². The first-order chi connectivity index (χ1) is 7.75. The van der Waals surface area contributed by atoms with Crippen LogP contribution in [0, 0.1) is 0 Å². The third-order valence-corrected chi connectivity index (χ3v) is 1.80. The lowest BCUT2D eigenvalue weighted by Crippen LogP contribution is -2.33. The number of urea groups is 1. The van der Waals surface area contributed by atoms with Crippen LogP contribution in [0.4, 0.5) is 10.6 Å². The number of rotatable bonds is 4. The number of hydrogen-bond donors (Lipinski definition) is 3. The summed E-state index contributed by atoms with van der Waals surface area (Å²) >= 11 is 0. The van der Waals surface area contributed by atoms with Crippen molar-refractivity contribution in [1.82, 2.24) is 30.6 Å². The van der Waals surface area contributed by atoms with Crippen LogP contribution in [-0.2, 0) is 0 Å². The fourth-order valence-corrected chi connectivity index (χ4v) is 1.12. The molecule has 0 saturated carbocycles. The highest BCUT2D eigenvalue weighted by molar-refractivity contribution is 5.71. The molecule has 2 heterocycles. The summed E-state index contributed by atoms with van der Waals surface area (Å²) in [4.78, 5) is 10.4. The summed E-state index contributed by atoms with van der Waals surface area (Å²) in [6.45, 7) is 0.939. The second kappa shape index (κ2) is 4.38. The maximum absolute atomic E-state index is 10.4. The van der Waals surface area contributed by atoms with Gasteiger partial charge in [-0.1, -0.05) is 0 Å². The van der Waals surface area contributed by atoms with Gasteiger partial charge in [0.15, 0.2) is 5.65 Å². The van der Waals surface area contributed by atoms with E-state index in [1.807, 2.05) is 0 Å². The maximum atomic E-state index is 10.4. The number of amides is 2. The number of nitrogens with one attached hydrogen (secondary N) is 2. The molecule has 0 spiro atoms. The number of nitrogens with two attached hydrogens (primary N) is 1. The molecule has 16 heavy (non-hydrogen) atoms. The minimum atomic E-state index is -0.550. The Morgan fingerprint density at radius 1 is 1.44 bits per heavy atom. The molecule has 2 aromatic rings. The maximum Gasteiger partial charge on any atom is 0.312 e. The van der Waals surface area contributed by atoms with Crippen molar-refractivity contribution in [3.05, 3.63) is 12.1 Å². The largest absolute Gasteiger partial charge is 0.367 e. The van der Waals surface area contributed by atoms with Crippen molar-refractivity contribution in [3.63, 3.8) is 0 Å². The van der Waals surface area contributed by atoms with Crippen LogP contribution in [0.1, 0.15) is 0 Å². The van der Waals surface area contributed by atoms with Crippen molar-refractivity contribution in [3.8, 4) is 0 Å². The number of anilines is 1. The molecule has 2 amide bonds. The standard InChI is InChI=1S/C7H10N8O/c8-7(16)10-4-3-9-5-1-2-6-11-13-14-15(6)12-5/h1-2H,3-4H2,(H,9,12)(H3,8,10,16). The molecule has 2 aromatic heterocycles. The van der Waals surface area contributed by atoms with Gasteiger partial charge in [0.05, 0.1) is 0 Å². The van der Waals surface area contributed by atoms with Crippen LogP contribution in [0.3, 0.4) is 0 Å². The predicted octanol–water partition coefficient (Wildman–Crippen LogP) is -1.40. The molecule has 0 aliphatic rings. The van der Waals surface area contributed by atoms with Gasteiger partial charge in [0, 0.05) is 13.1 Å². The Morgan fingerprint density at radius 3 is 3.12 bits per heavy atom. The van der Waals surface area contributed by atoms with E-state index in [-0.39, 0.29) is 0 Å². The topological polar surface area (TPSA) is 123 Å².